The van der Waals surface area contributed by atoms with E-state index in [0.29, 0.717) is 18.5 Å². The SMILES string of the molecule is Fc1cccc(C2NCCCC2C(F)(F)F)c1. The number of alkyl halides is 3. The Morgan fingerprint density at radius 2 is 2.00 bits per heavy atom. The molecule has 5 heteroatoms. The summed E-state index contributed by atoms with van der Waals surface area (Å²) in [5.41, 5.74) is 0.368. The molecule has 0 radical (unpaired) electrons. The van der Waals surface area contributed by atoms with E-state index in [9.17, 15) is 17.6 Å². The first-order valence-electron chi connectivity index (χ1n) is 5.54. The first-order valence-corrected chi connectivity index (χ1v) is 5.54. The fraction of sp³-hybridized carbons (Fsp3) is 0.500. The van der Waals surface area contributed by atoms with E-state index in [4.69, 9.17) is 0 Å². The van der Waals surface area contributed by atoms with Crippen LogP contribution in [0.3, 0.4) is 0 Å². The average molecular weight is 247 g/mol. The Balaban J connectivity index is 2.28. The van der Waals surface area contributed by atoms with E-state index >= 15 is 0 Å². The summed E-state index contributed by atoms with van der Waals surface area (Å²) in [6.45, 7) is 0.535. The molecule has 1 fully saturated rings. The van der Waals surface area contributed by atoms with E-state index in [-0.39, 0.29) is 6.42 Å². The highest BCUT2D eigenvalue weighted by Gasteiger charge is 2.45. The Bertz CT molecular complexity index is 388. The number of rotatable bonds is 1. The van der Waals surface area contributed by atoms with Gasteiger partial charge < -0.3 is 5.32 Å². The van der Waals surface area contributed by atoms with Gasteiger partial charge in [-0.2, -0.15) is 13.2 Å². The first-order chi connectivity index (χ1) is 7.98. The molecule has 2 atom stereocenters. The third-order valence-corrected chi connectivity index (χ3v) is 3.09. The zero-order valence-electron chi connectivity index (χ0n) is 9.10. The lowest BCUT2D eigenvalue weighted by Gasteiger charge is -2.34. The zero-order valence-corrected chi connectivity index (χ0v) is 9.10. The molecule has 1 heterocycles. The van der Waals surface area contributed by atoms with Crippen LogP contribution >= 0.6 is 0 Å². The quantitative estimate of drug-likeness (QED) is 0.750. The molecule has 94 valence electrons. The maximum absolute atomic E-state index is 13.0. The summed E-state index contributed by atoms with van der Waals surface area (Å²) in [4.78, 5) is 0. The molecule has 0 saturated carbocycles. The molecular formula is C12H13F4N. The molecule has 0 aliphatic carbocycles. The lowest BCUT2D eigenvalue weighted by atomic mass is 9.86. The number of benzene rings is 1. The molecule has 1 aromatic rings. The van der Waals surface area contributed by atoms with Crippen LogP contribution in [0.25, 0.3) is 0 Å². The number of nitrogens with one attached hydrogen (secondary N) is 1. The monoisotopic (exact) mass is 247 g/mol. The van der Waals surface area contributed by atoms with Gasteiger partial charge in [-0.05, 0) is 37.1 Å². The summed E-state index contributed by atoms with van der Waals surface area (Å²) in [6.07, 6.45) is -3.65. The van der Waals surface area contributed by atoms with Crippen LogP contribution in [-0.2, 0) is 0 Å². The Labute approximate surface area is 96.8 Å². The second kappa shape index (κ2) is 4.64. The van der Waals surface area contributed by atoms with Crippen LogP contribution in [0.4, 0.5) is 17.6 Å². The van der Waals surface area contributed by atoms with Gasteiger partial charge in [0.15, 0.2) is 0 Å². The van der Waals surface area contributed by atoms with Crippen molar-refractivity contribution >= 4 is 0 Å². The van der Waals surface area contributed by atoms with Crippen molar-refractivity contribution in [2.45, 2.75) is 25.1 Å². The van der Waals surface area contributed by atoms with Crippen molar-refractivity contribution in [1.82, 2.24) is 5.32 Å². The Morgan fingerprint density at radius 3 is 2.65 bits per heavy atom. The van der Waals surface area contributed by atoms with Crippen LogP contribution < -0.4 is 5.32 Å². The fourth-order valence-corrected chi connectivity index (χ4v) is 2.29. The van der Waals surface area contributed by atoms with Crippen LogP contribution in [0.5, 0.6) is 0 Å². The van der Waals surface area contributed by atoms with Crippen molar-refractivity contribution < 1.29 is 17.6 Å². The summed E-state index contributed by atoms with van der Waals surface area (Å²) in [7, 11) is 0. The van der Waals surface area contributed by atoms with Crippen LogP contribution in [0.2, 0.25) is 0 Å². The van der Waals surface area contributed by atoms with Gasteiger partial charge in [0.05, 0.1) is 5.92 Å². The van der Waals surface area contributed by atoms with Crippen LogP contribution in [0.15, 0.2) is 24.3 Å². The number of hydrogen-bond donors (Lipinski definition) is 1. The molecule has 2 rings (SSSR count). The number of hydrogen-bond acceptors (Lipinski definition) is 1. The van der Waals surface area contributed by atoms with Crippen LogP contribution in [0.1, 0.15) is 24.4 Å². The Morgan fingerprint density at radius 1 is 1.24 bits per heavy atom. The van der Waals surface area contributed by atoms with E-state index in [0.717, 1.165) is 0 Å². The van der Waals surface area contributed by atoms with Gasteiger partial charge in [-0.1, -0.05) is 12.1 Å². The average Bonchev–Trinajstić information content (AvgIpc) is 2.28. The van der Waals surface area contributed by atoms with Crippen molar-refractivity contribution in [1.29, 1.82) is 0 Å². The molecule has 2 unspecified atom stereocenters. The molecule has 1 aliphatic heterocycles. The minimum atomic E-state index is -4.25. The van der Waals surface area contributed by atoms with E-state index < -0.39 is 24.0 Å². The van der Waals surface area contributed by atoms with Crippen LogP contribution in [-0.4, -0.2) is 12.7 Å². The molecule has 0 spiro atoms. The van der Waals surface area contributed by atoms with E-state index in [1.54, 1.807) is 0 Å². The highest BCUT2D eigenvalue weighted by atomic mass is 19.4. The van der Waals surface area contributed by atoms with Crippen molar-refractivity contribution in [3.05, 3.63) is 35.6 Å². The molecule has 0 amide bonds. The topological polar surface area (TPSA) is 12.0 Å². The van der Waals surface area contributed by atoms with Crippen molar-refractivity contribution in [2.24, 2.45) is 5.92 Å². The van der Waals surface area contributed by atoms with Gasteiger partial charge in [-0.25, -0.2) is 4.39 Å². The Kier molecular flexibility index (Phi) is 3.38. The van der Waals surface area contributed by atoms with E-state index in [1.165, 1.54) is 24.3 Å². The molecular weight excluding hydrogens is 234 g/mol. The molecule has 0 bridgehead atoms. The summed E-state index contributed by atoms with van der Waals surface area (Å²) in [5.74, 6) is -1.94. The van der Waals surface area contributed by atoms with E-state index in [2.05, 4.69) is 5.32 Å². The third-order valence-electron chi connectivity index (χ3n) is 3.09. The minimum absolute atomic E-state index is 0.0949. The predicted molar refractivity (Wildman–Crippen MR) is 55.9 cm³/mol. The molecule has 0 aromatic heterocycles. The van der Waals surface area contributed by atoms with Crippen molar-refractivity contribution in [3.8, 4) is 0 Å². The Hall–Kier alpha value is -1.10. The van der Waals surface area contributed by atoms with Crippen molar-refractivity contribution in [3.63, 3.8) is 0 Å². The summed E-state index contributed by atoms with van der Waals surface area (Å²) in [6, 6.07) is 4.54. The van der Waals surface area contributed by atoms with Gasteiger partial charge in [0.1, 0.15) is 5.82 Å². The minimum Gasteiger partial charge on any atom is -0.309 e. The van der Waals surface area contributed by atoms with Crippen LogP contribution in [0, 0.1) is 11.7 Å². The fourth-order valence-electron chi connectivity index (χ4n) is 2.29. The maximum atomic E-state index is 13.0. The summed E-state index contributed by atoms with van der Waals surface area (Å²) in [5, 5.41) is 2.83. The molecule has 1 aliphatic rings. The standard InChI is InChI=1S/C12H13F4N/c13-9-4-1-3-8(7-9)11-10(12(14,15)16)5-2-6-17-11/h1,3-4,7,10-11,17H,2,5-6H2. The largest absolute Gasteiger partial charge is 0.393 e. The highest BCUT2D eigenvalue weighted by molar-refractivity contribution is 5.22. The summed E-state index contributed by atoms with van der Waals surface area (Å²) < 4.78 is 51.6. The second-order valence-corrected chi connectivity index (χ2v) is 4.28. The van der Waals surface area contributed by atoms with Gasteiger partial charge in [0, 0.05) is 6.04 Å². The lowest BCUT2D eigenvalue weighted by Crippen LogP contribution is -2.41. The third kappa shape index (κ3) is 2.77. The van der Waals surface area contributed by atoms with Gasteiger partial charge in [-0.3, -0.25) is 0 Å². The smallest absolute Gasteiger partial charge is 0.309 e. The summed E-state index contributed by atoms with van der Waals surface area (Å²) >= 11 is 0. The number of piperidine rings is 1. The van der Waals surface area contributed by atoms with Gasteiger partial charge in [0.25, 0.3) is 0 Å². The van der Waals surface area contributed by atoms with Gasteiger partial charge >= 0.3 is 6.18 Å². The zero-order chi connectivity index (χ0) is 12.5. The predicted octanol–water partition coefficient (Wildman–Crippen LogP) is 3.43. The highest BCUT2D eigenvalue weighted by Crippen LogP contribution is 2.41. The van der Waals surface area contributed by atoms with Crippen molar-refractivity contribution in [2.75, 3.05) is 6.54 Å². The molecule has 1 nitrogen and oxygen atoms in total. The van der Waals surface area contributed by atoms with Gasteiger partial charge in [-0.15, -0.1) is 0 Å². The second-order valence-electron chi connectivity index (χ2n) is 4.28. The maximum Gasteiger partial charge on any atom is 0.393 e. The first kappa shape index (κ1) is 12.4. The normalized spacial score (nSPS) is 25.9. The lowest BCUT2D eigenvalue weighted by molar-refractivity contribution is -0.189. The van der Waals surface area contributed by atoms with E-state index in [1.807, 2.05) is 0 Å². The van der Waals surface area contributed by atoms with Gasteiger partial charge in [0.2, 0.25) is 0 Å². The molecule has 1 aromatic carbocycles. The number of halogens is 4. The molecule has 1 N–H and O–H groups in total. The molecule has 17 heavy (non-hydrogen) atoms. The molecule has 1 saturated heterocycles.